The van der Waals surface area contributed by atoms with Gasteiger partial charge < -0.3 is 10.6 Å². The lowest BCUT2D eigenvalue weighted by atomic mass is 10.1. The van der Waals surface area contributed by atoms with Crippen LogP contribution in [0.15, 0.2) is 30.3 Å². The van der Waals surface area contributed by atoms with E-state index in [2.05, 4.69) is 16.1 Å². The Hall–Kier alpha value is -1.59. The summed E-state index contributed by atoms with van der Waals surface area (Å²) in [4.78, 5) is 11.9. The van der Waals surface area contributed by atoms with E-state index in [1.807, 2.05) is 30.3 Å². The number of hydrazine groups is 1. The van der Waals surface area contributed by atoms with E-state index in [0.717, 1.165) is 25.2 Å². The van der Waals surface area contributed by atoms with Crippen LogP contribution in [0.5, 0.6) is 0 Å². The van der Waals surface area contributed by atoms with E-state index in [-0.39, 0.29) is 11.7 Å². The molecule has 2 aliphatic rings. The summed E-state index contributed by atoms with van der Waals surface area (Å²) in [6, 6.07) is 9.51. The molecule has 2 aliphatic heterocycles. The summed E-state index contributed by atoms with van der Waals surface area (Å²) >= 11 is 0. The molecular weight excluding hydrogens is 204 g/mol. The Morgan fingerprint density at radius 1 is 1.25 bits per heavy atom. The van der Waals surface area contributed by atoms with Crippen molar-refractivity contribution in [2.75, 3.05) is 18.1 Å². The highest BCUT2D eigenvalue weighted by Gasteiger charge is 2.44. The fourth-order valence-corrected chi connectivity index (χ4v) is 2.21. The fraction of sp³-hybridized carbons (Fsp3) is 0.364. The molecule has 0 unspecified atom stereocenters. The van der Waals surface area contributed by atoms with Crippen LogP contribution in [0.4, 0.5) is 10.5 Å². The summed E-state index contributed by atoms with van der Waals surface area (Å²) in [6.07, 6.45) is 0.905. The van der Waals surface area contributed by atoms with E-state index in [9.17, 15) is 4.79 Å². The number of para-hydroxylation sites is 1. The SMILES string of the molecule is O=C1N[C@@]2(CCNC2)NN1c1ccccc1. The van der Waals surface area contributed by atoms with Gasteiger partial charge in [0.05, 0.1) is 5.69 Å². The maximum atomic E-state index is 11.9. The Labute approximate surface area is 93.8 Å². The van der Waals surface area contributed by atoms with Crippen LogP contribution in [0.2, 0.25) is 0 Å². The zero-order valence-electron chi connectivity index (χ0n) is 8.86. The standard InChI is InChI=1S/C11H14N4O/c16-10-13-11(6-7-12-8-11)14-15(10)9-4-2-1-3-5-9/h1-5,12,14H,6-8H2,(H,13,16)/t11-/m0/s1. The molecule has 0 bridgehead atoms. The van der Waals surface area contributed by atoms with Crippen LogP contribution in [0.3, 0.4) is 0 Å². The molecule has 2 fully saturated rings. The molecule has 2 amide bonds. The molecule has 0 aromatic heterocycles. The number of carbonyl (C=O) groups excluding carboxylic acids is 1. The summed E-state index contributed by atoms with van der Waals surface area (Å²) in [6.45, 7) is 1.69. The molecule has 5 heteroatoms. The first kappa shape index (κ1) is 9.62. The molecule has 1 aromatic carbocycles. The number of benzene rings is 1. The molecule has 0 saturated carbocycles. The van der Waals surface area contributed by atoms with Gasteiger partial charge in [-0.15, -0.1) is 0 Å². The summed E-state index contributed by atoms with van der Waals surface area (Å²) in [5, 5.41) is 7.81. The van der Waals surface area contributed by atoms with E-state index in [1.165, 1.54) is 0 Å². The first-order valence-corrected chi connectivity index (χ1v) is 5.45. The minimum Gasteiger partial charge on any atom is -0.316 e. The van der Waals surface area contributed by atoms with Crippen molar-refractivity contribution >= 4 is 11.7 Å². The van der Waals surface area contributed by atoms with Crippen molar-refractivity contribution in [2.24, 2.45) is 0 Å². The molecule has 0 aliphatic carbocycles. The molecule has 5 nitrogen and oxygen atoms in total. The second kappa shape index (κ2) is 3.47. The fourth-order valence-electron chi connectivity index (χ4n) is 2.21. The van der Waals surface area contributed by atoms with Crippen LogP contribution in [0.25, 0.3) is 0 Å². The summed E-state index contributed by atoms with van der Waals surface area (Å²) in [7, 11) is 0. The number of amides is 2. The number of nitrogens with one attached hydrogen (secondary N) is 3. The van der Waals surface area contributed by atoms with Gasteiger partial charge in [0, 0.05) is 6.54 Å². The van der Waals surface area contributed by atoms with Gasteiger partial charge in [-0.05, 0) is 25.1 Å². The maximum Gasteiger partial charge on any atom is 0.338 e. The Morgan fingerprint density at radius 2 is 2.06 bits per heavy atom. The van der Waals surface area contributed by atoms with Gasteiger partial charge in [0.1, 0.15) is 5.66 Å². The largest absolute Gasteiger partial charge is 0.338 e. The minimum absolute atomic E-state index is 0.0881. The average molecular weight is 218 g/mol. The number of anilines is 1. The van der Waals surface area contributed by atoms with Crippen LogP contribution < -0.4 is 21.1 Å². The van der Waals surface area contributed by atoms with Crippen LogP contribution in [0.1, 0.15) is 6.42 Å². The first-order chi connectivity index (χ1) is 7.79. The van der Waals surface area contributed by atoms with E-state index >= 15 is 0 Å². The summed E-state index contributed by atoms with van der Waals surface area (Å²) in [5.74, 6) is 0. The molecular formula is C11H14N4O. The van der Waals surface area contributed by atoms with Gasteiger partial charge in [-0.2, -0.15) is 5.43 Å². The highest BCUT2D eigenvalue weighted by atomic mass is 16.2. The van der Waals surface area contributed by atoms with Gasteiger partial charge >= 0.3 is 6.03 Å². The molecule has 84 valence electrons. The molecule has 1 spiro atoms. The van der Waals surface area contributed by atoms with Gasteiger partial charge in [0.2, 0.25) is 0 Å². The summed E-state index contributed by atoms with van der Waals surface area (Å²) in [5.41, 5.74) is 3.81. The van der Waals surface area contributed by atoms with E-state index in [4.69, 9.17) is 0 Å². The second-order valence-electron chi connectivity index (χ2n) is 4.22. The molecule has 3 N–H and O–H groups in total. The van der Waals surface area contributed by atoms with Gasteiger partial charge in [-0.3, -0.25) is 0 Å². The Balaban J connectivity index is 1.86. The second-order valence-corrected chi connectivity index (χ2v) is 4.22. The number of rotatable bonds is 1. The maximum absolute atomic E-state index is 11.9. The number of carbonyl (C=O) groups is 1. The van der Waals surface area contributed by atoms with Gasteiger partial charge in [-0.1, -0.05) is 18.2 Å². The zero-order valence-corrected chi connectivity index (χ0v) is 8.86. The molecule has 2 heterocycles. The Kier molecular flexibility index (Phi) is 2.08. The van der Waals surface area contributed by atoms with Crippen molar-refractivity contribution in [2.45, 2.75) is 12.1 Å². The number of hydrogen-bond donors (Lipinski definition) is 3. The lowest BCUT2D eigenvalue weighted by Gasteiger charge is -2.23. The molecule has 3 rings (SSSR count). The lowest BCUT2D eigenvalue weighted by molar-refractivity contribution is 0.247. The van der Waals surface area contributed by atoms with Crippen molar-refractivity contribution in [1.29, 1.82) is 0 Å². The molecule has 2 saturated heterocycles. The van der Waals surface area contributed by atoms with Crippen molar-refractivity contribution in [3.8, 4) is 0 Å². The van der Waals surface area contributed by atoms with Crippen LogP contribution >= 0.6 is 0 Å². The number of hydrogen-bond acceptors (Lipinski definition) is 3. The lowest BCUT2D eigenvalue weighted by Crippen LogP contribution is -2.52. The Morgan fingerprint density at radius 3 is 2.75 bits per heavy atom. The molecule has 0 radical (unpaired) electrons. The third-order valence-corrected chi connectivity index (χ3v) is 3.04. The van der Waals surface area contributed by atoms with Crippen LogP contribution in [0, 0.1) is 0 Å². The normalized spacial score (nSPS) is 28.8. The van der Waals surface area contributed by atoms with Gasteiger partial charge in [-0.25, -0.2) is 9.80 Å². The van der Waals surface area contributed by atoms with Gasteiger partial charge in [0.15, 0.2) is 0 Å². The summed E-state index contributed by atoms with van der Waals surface area (Å²) < 4.78 is 0. The van der Waals surface area contributed by atoms with Crippen molar-refractivity contribution in [3.05, 3.63) is 30.3 Å². The van der Waals surface area contributed by atoms with E-state index in [1.54, 1.807) is 5.01 Å². The van der Waals surface area contributed by atoms with Crippen molar-refractivity contribution < 1.29 is 4.79 Å². The molecule has 1 atom stereocenters. The Bertz CT molecular complexity index is 400. The zero-order chi connectivity index (χ0) is 11.0. The molecule has 16 heavy (non-hydrogen) atoms. The third-order valence-electron chi connectivity index (χ3n) is 3.04. The van der Waals surface area contributed by atoms with Crippen LogP contribution in [-0.4, -0.2) is 24.8 Å². The predicted molar refractivity (Wildman–Crippen MR) is 60.8 cm³/mol. The number of urea groups is 1. The number of nitrogens with zero attached hydrogens (tertiary/aromatic N) is 1. The quantitative estimate of drug-likeness (QED) is 0.640. The highest BCUT2D eigenvalue weighted by Crippen LogP contribution is 2.22. The minimum atomic E-state index is -0.299. The van der Waals surface area contributed by atoms with E-state index < -0.39 is 0 Å². The van der Waals surface area contributed by atoms with Gasteiger partial charge in [0.25, 0.3) is 0 Å². The third kappa shape index (κ3) is 1.45. The smallest absolute Gasteiger partial charge is 0.316 e. The van der Waals surface area contributed by atoms with Crippen LogP contribution in [-0.2, 0) is 0 Å². The van der Waals surface area contributed by atoms with Crippen molar-refractivity contribution in [3.63, 3.8) is 0 Å². The monoisotopic (exact) mass is 218 g/mol. The topological polar surface area (TPSA) is 56.4 Å². The van der Waals surface area contributed by atoms with E-state index in [0.29, 0.717) is 0 Å². The first-order valence-electron chi connectivity index (χ1n) is 5.45. The highest BCUT2D eigenvalue weighted by molar-refractivity contribution is 5.93. The molecule has 1 aromatic rings. The average Bonchev–Trinajstić information content (AvgIpc) is 2.88. The van der Waals surface area contributed by atoms with Crippen molar-refractivity contribution in [1.82, 2.24) is 16.1 Å². The predicted octanol–water partition coefficient (Wildman–Crippen LogP) is 0.410.